The Morgan fingerprint density at radius 2 is 2.29 bits per heavy atom. The van der Waals surface area contributed by atoms with Gasteiger partial charge in [-0.15, -0.1) is 0 Å². The summed E-state index contributed by atoms with van der Waals surface area (Å²) in [6, 6.07) is 5.13. The van der Waals surface area contributed by atoms with Crippen LogP contribution in [0.25, 0.3) is 0 Å². The fraction of sp³-hybridized carbons (Fsp3) is 0.533. The molecule has 1 saturated heterocycles. The van der Waals surface area contributed by atoms with Crippen molar-refractivity contribution in [1.29, 1.82) is 0 Å². The second-order valence-electron chi connectivity index (χ2n) is 5.33. The van der Waals surface area contributed by atoms with Crippen molar-refractivity contribution in [1.82, 2.24) is 9.80 Å². The molecule has 116 valence electrons. The lowest BCUT2D eigenvalue weighted by molar-refractivity contribution is -0.00843. The number of carbonyl (C=O) groups is 1. The van der Waals surface area contributed by atoms with Gasteiger partial charge in [-0.1, -0.05) is 11.6 Å². The van der Waals surface area contributed by atoms with Gasteiger partial charge in [-0.3, -0.25) is 4.79 Å². The van der Waals surface area contributed by atoms with Gasteiger partial charge in [0.05, 0.1) is 31.9 Å². The number of halogens is 1. The summed E-state index contributed by atoms with van der Waals surface area (Å²) in [4.78, 5) is 16.7. The molecule has 5 nitrogen and oxygen atoms in total. The third-order valence-corrected chi connectivity index (χ3v) is 3.69. The molecule has 0 N–H and O–H groups in total. The van der Waals surface area contributed by atoms with Crippen molar-refractivity contribution >= 4 is 17.5 Å². The lowest BCUT2D eigenvalue weighted by Crippen LogP contribution is -2.52. The monoisotopic (exact) mass is 312 g/mol. The van der Waals surface area contributed by atoms with E-state index in [0.29, 0.717) is 36.1 Å². The molecule has 6 heteroatoms. The van der Waals surface area contributed by atoms with E-state index < -0.39 is 0 Å². The second-order valence-corrected chi connectivity index (χ2v) is 5.77. The molecule has 1 aromatic rings. The molecule has 0 radical (unpaired) electrons. The number of amides is 1. The number of hydrogen-bond donors (Lipinski definition) is 0. The number of carbonyl (C=O) groups excluding carboxylic acids is 1. The van der Waals surface area contributed by atoms with Crippen LogP contribution in [0.1, 0.15) is 10.4 Å². The van der Waals surface area contributed by atoms with Crippen molar-refractivity contribution in [2.75, 3.05) is 47.5 Å². The summed E-state index contributed by atoms with van der Waals surface area (Å²) in [5, 5.41) is 0.525. The normalized spacial score (nSPS) is 18.9. The molecule has 1 amide bonds. The van der Waals surface area contributed by atoms with Gasteiger partial charge in [0.15, 0.2) is 0 Å². The average molecular weight is 313 g/mol. The number of hydrogen-bond acceptors (Lipinski definition) is 4. The topological polar surface area (TPSA) is 42.0 Å². The zero-order valence-electron chi connectivity index (χ0n) is 12.6. The molecule has 0 aliphatic carbocycles. The predicted molar refractivity (Wildman–Crippen MR) is 82.2 cm³/mol. The Morgan fingerprint density at radius 3 is 2.95 bits per heavy atom. The van der Waals surface area contributed by atoms with Crippen LogP contribution < -0.4 is 4.74 Å². The highest BCUT2D eigenvalue weighted by molar-refractivity contribution is 6.31. The maximum absolute atomic E-state index is 12.8. The van der Waals surface area contributed by atoms with Gasteiger partial charge in [-0.05, 0) is 32.3 Å². The van der Waals surface area contributed by atoms with Gasteiger partial charge in [0.1, 0.15) is 5.75 Å². The molecular weight excluding hydrogens is 292 g/mol. The quantitative estimate of drug-likeness (QED) is 0.849. The van der Waals surface area contributed by atoms with E-state index in [0.717, 1.165) is 6.54 Å². The number of methoxy groups -OCH3 is 1. The fourth-order valence-electron chi connectivity index (χ4n) is 2.50. The molecule has 1 aliphatic rings. The van der Waals surface area contributed by atoms with Crippen molar-refractivity contribution in [3.8, 4) is 5.75 Å². The first-order chi connectivity index (χ1) is 10.0. The van der Waals surface area contributed by atoms with E-state index in [9.17, 15) is 4.79 Å². The largest absolute Gasteiger partial charge is 0.496 e. The third kappa shape index (κ3) is 3.87. The van der Waals surface area contributed by atoms with Crippen molar-refractivity contribution in [3.63, 3.8) is 0 Å². The first-order valence-corrected chi connectivity index (χ1v) is 7.27. The first kappa shape index (κ1) is 16.1. The van der Waals surface area contributed by atoms with Crippen LogP contribution in [0.15, 0.2) is 18.2 Å². The summed E-state index contributed by atoms with van der Waals surface area (Å²) in [7, 11) is 5.52. The molecule has 21 heavy (non-hydrogen) atoms. The van der Waals surface area contributed by atoms with Crippen LogP contribution in [0.5, 0.6) is 5.75 Å². The van der Waals surface area contributed by atoms with E-state index >= 15 is 0 Å². The fourth-order valence-corrected chi connectivity index (χ4v) is 2.67. The van der Waals surface area contributed by atoms with Crippen molar-refractivity contribution in [2.24, 2.45) is 0 Å². The summed E-state index contributed by atoms with van der Waals surface area (Å²) in [6.45, 7) is 2.44. The Labute approximate surface area is 130 Å². The van der Waals surface area contributed by atoms with Crippen molar-refractivity contribution in [2.45, 2.75) is 6.04 Å². The van der Waals surface area contributed by atoms with E-state index in [1.807, 2.05) is 19.0 Å². The summed E-state index contributed by atoms with van der Waals surface area (Å²) >= 11 is 6.02. The summed E-state index contributed by atoms with van der Waals surface area (Å²) in [6.07, 6.45) is 0. The molecule has 1 aromatic carbocycles. The average Bonchev–Trinajstić information content (AvgIpc) is 2.46. The zero-order chi connectivity index (χ0) is 15.4. The van der Waals surface area contributed by atoms with E-state index in [1.54, 1.807) is 25.3 Å². The van der Waals surface area contributed by atoms with Gasteiger partial charge in [-0.25, -0.2) is 0 Å². The van der Waals surface area contributed by atoms with E-state index in [1.165, 1.54) is 0 Å². The molecule has 1 aliphatic heterocycles. The summed E-state index contributed by atoms with van der Waals surface area (Å²) < 4.78 is 10.8. The Morgan fingerprint density at radius 1 is 1.52 bits per heavy atom. The van der Waals surface area contributed by atoms with Crippen LogP contribution in [-0.4, -0.2) is 69.3 Å². The van der Waals surface area contributed by atoms with E-state index in [-0.39, 0.29) is 11.9 Å². The molecule has 0 aromatic heterocycles. The Hall–Kier alpha value is -1.30. The molecule has 1 atom stereocenters. The smallest absolute Gasteiger partial charge is 0.258 e. The number of likely N-dealkylation sites (N-methyl/N-ethyl adjacent to an activating group) is 1. The molecule has 0 unspecified atom stereocenters. The van der Waals surface area contributed by atoms with Crippen LogP contribution in [-0.2, 0) is 4.74 Å². The lowest BCUT2D eigenvalue weighted by atomic mass is 10.1. The molecule has 0 spiro atoms. The van der Waals surface area contributed by atoms with Crippen molar-refractivity contribution < 1.29 is 14.3 Å². The molecule has 2 rings (SSSR count). The number of morpholine rings is 1. The maximum atomic E-state index is 12.8. The van der Waals surface area contributed by atoms with Gasteiger partial charge in [0.2, 0.25) is 0 Å². The van der Waals surface area contributed by atoms with E-state index in [2.05, 4.69) is 4.90 Å². The van der Waals surface area contributed by atoms with Gasteiger partial charge in [0.25, 0.3) is 5.91 Å². The summed E-state index contributed by atoms with van der Waals surface area (Å²) in [5.41, 5.74) is 0.496. The Balaban J connectivity index is 2.26. The Kier molecular flexibility index (Phi) is 5.45. The van der Waals surface area contributed by atoms with Crippen LogP contribution in [0, 0.1) is 0 Å². The number of ether oxygens (including phenoxy) is 2. The highest BCUT2D eigenvalue weighted by Gasteiger charge is 2.30. The van der Waals surface area contributed by atoms with E-state index in [4.69, 9.17) is 21.1 Å². The summed E-state index contributed by atoms with van der Waals surface area (Å²) in [5.74, 6) is 0.476. The van der Waals surface area contributed by atoms with Crippen LogP contribution in [0.4, 0.5) is 0 Å². The molecule has 1 fully saturated rings. The highest BCUT2D eigenvalue weighted by Crippen LogP contribution is 2.25. The Bertz CT molecular complexity index is 508. The molecule has 0 saturated carbocycles. The van der Waals surface area contributed by atoms with Gasteiger partial charge in [-0.2, -0.15) is 0 Å². The number of benzene rings is 1. The SMILES string of the molecule is COc1ccc(Cl)cc1C(=O)N1CCOC[C@@H]1CN(C)C. The van der Waals surface area contributed by atoms with Gasteiger partial charge in [0, 0.05) is 18.1 Å². The second kappa shape index (κ2) is 7.11. The highest BCUT2D eigenvalue weighted by atomic mass is 35.5. The predicted octanol–water partition coefficient (Wildman–Crippen LogP) is 1.75. The molecule has 0 bridgehead atoms. The molecular formula is C15H21ClN2O3. The van der Waals surface area contributed by atoms with Gasteiger partial charge >= 0.3 is 0 Å². The first-order valence-electron chi connectivity index (χ1n) is 6.90. The minimum Gasteiger partial charge on any atom is -0.496 e. The minimum atomic E-state index is -0.0653. The number of rotatable bonds is 4. The minimum absolute atomic E-state index is 0.0323. The standard InChI is InChI=1S/C15H21ClN2O3/c1-17(2)9-12-10-21-7-6-18(12)15(19)13-8-11(16)4-5-14(13)20-3/h4-5,8,12H,6-7,9-10H2,1-3H3/t12-/m0/s1. The van der Waals surface area contributed by atoms with Crippen LogP contribution in [0.2, 0.25) is 5.02 Å². The third-order valence-electron chi connectivity index (χ3n) is 3.46. The van der Waals surface area contributed by atoms with Crippen LogP contribution in [0.3, 0.4) is 0 Å². The lowest BCUT2D eigenvalue weighted by Gasteiger charge is -2.37. The maximum Gasteiger partial charge on any atom is 0.258 e. The van der Waals surface area contributed by atoms with Crippen LogP contribution >= 0.6 is 11.6 Å². The van der Waals surface area contributed by atoms with Gasteiger partial charge < -0.3 is 19.3 Å². The van der Waals surface area contributed by atoms with Crippen molar-refractivity contribution in [3.05, 3.63) is 28.8 Å². The zero-order valence-corrected chi connectivity index (χ0v) is 13.4. The molecule has 1 heterocycles. The number of nitrogens with zero attached hydrogens (tertiary/aromatic N) is 2.